The molecule has 1 aromatic heterocycles. The Morgan fingerprint density at radius 1 is 0.943 bits per heavy atom. The number of urea groups is 1. The molecule has 0 saturated carbocycles. The van der Waals surface area contributed by atoms with E-state index in [0.717, 1.165) is 40.6 Å². The van der Waals surface area contributed by atoms with Crippen molar-refractivity contribution in [2.24, 2.45) is 0 Å². The molecule has 1 aliphatic heterocycles. The number of nitrogens with zero attached hydrogens (tertiary/aromatic N) is 2. The Balaban J connectivity index is 1.62. The first-order chi connectivity index (χ1) is 16.9. The van der Waals surface area contributed by atoms with Crippen molar-refractivity contribution in [1.82, 2.24) is 9.47 Å². The molecule has 5 rings (SSSR count). The quantitative estimate of drug-likeness (QED) is 0.334. The fraction of sp³-hybridized carbons (Fsp3) is 0.179. The summed E-state index contributed by atoms with van der Waals surface area (Å²) in [6.45, 7) is 2.30. The van der Waals surface area contributed by atoms with Crippen LogP contribution >= 0.6 is 0 Å². The van der Waals surface area contributed by atoms with E-state index in [1.165, 1.54) is 18.2 Å². The van der Waals surface area contributed by atoms with Crippen LogP contribution < -0.4 is 5.32 Å². The lowest BCUT2D eigenvalue weighted by Gasteiger charge is -2.31. The molecule has 0 spiro atoms. The van der Waals surface area contributed by atoms with E-state index in [1.54, 1.807) is 4.90 Å². The van der Waals surface area contributed by atoms with Crippen LogP contribution in [0.2, 0.25) is 0 Å². The highest BCUT2D eigenvalue weighted by Crippen LogP contribution is 2.38. The highest BCUT2D eigenvalue weighted by Gasteiger charge is 2.36. The zero-order valence-electron chi connectivity index (χ0n) is 19.1. The Labute approximate surface area is 201 Å². The molecule has 1 aliphatic rings. The fourth-order valence-corrected chi connectivity index (χ4v) is 4.65. The number of anilines is 1. The Bertz CT molecular complexity index is 1360. The third-order valence-corrected chi connectivity index (χ3v) is 6.40. The SMILES string of the molecule is CCc1ccc([C@H]2c3cccn3-c3ccccc3CN2C(=O)Nc2ccccc2C(F)(F)F)cc1. The summed E-state index contributed by atoms with van der Waals surface area (Å²) in [5.41, 5.74) is 3.60. The number of fused-ring (bicyclic) bond motifs is 3. The minimum atomic E-state index is -4.58. The van der Waals surface area contributed by atoms with Crippen LogP contribution in [-0.2, 0) is 19.1 Å². The smallest absolute Gasteiger partial charge is 0.318 e. The molecule has 1 atom stereocenters. The maximum absolute atomic E-state index is 13.7. The van der Waals surface area contributed by atoms with Gasteiger partial charge in [0.15, 0.2) is 0 Å². The summed E-state index contributed by atoms with van der Waals surface area (Å²) in [5.74, 6) is 0. The van der Waals surface area contributed by atoms with Gasteiger partial charge in [0.2, 0.25) is 0 Å². The molecular weight excluding hydrogens is 451 g/mol. The minimum Gasteiger partial charge on any atom is -0.318 e. The van der Waals surface area contributed by atoms with Gasteiger partial charge in [-0.3, -0.25) is 0 Å². The molecule has 2 heterocycles. The van der Waals surface area contributed by atoms with Crippen LogP contribution in [0.5, 0.6) is 0 Å². The van der Waals surface area contributed by atoms with Crippen molar-refractivity contribution in [3.63, 3.8) is 0 Å². The normalized spacial score (nSPS) is 15.2. The first kappa shape index (κ1) is 22.8. The maximum atomic E-state index is 13.7. The highest BCUT2D eigenvalue weighted by molar-refractivity contribution is 5.91. The molecular formula is C28H24F3N3O. The number of alkyl halides is 3. The third kappa shape index (κ3) is 4.30. The van der Waals surface area contributed by atoms with Crippen molar-refractivity contribution in [2.45, 2.75) is 32.1 Å². The summed E-state index contributed by atoms with van der Waals surface area (Å²) >= 11 is 0. The highest BCUT2D eigenvalue weighted by atomic mass is 19.4. The third-order valence-electron chi connectivity index (χ3n) is 6.40. The number of halogens is 3. The first-order valence-corrected chi connectivity index (χ1v) is 11.4. The Kier molecular flexibility index (Phi) is 5.84. The van der Waals surface area contributed by atoms with Crippen molar-refractivity contribution in [2.75, 3.05) is 5.32 Å². The summed E-state index contributed by atoms with van der Waals surface area (Å²) in [6, 6.07) is 23.6. The number of aryl methyl sites for hydroxylation is 1. The second-order valence-corrected chi connectivity index (χ2v) is 8.53. The summed E-state index contributed by atoms with van der Waals surface area (Å²) < 4.78 is 42.9. The lowest BCUT2D eigenvalue weighted by Crippen LogP contribution is -2.38. The number of nitrogens with one attached hydrogen (secondary N) is 1. The molecule has 0 bridgehead atoms. The molecule has 0 saturated heterocycles. The number of aromatic nitrogens is 1. The monoisotopic (exact) mass is 475 g/mol. The van der Waals surface area contributed by atoms with E-state index in [2.05, 4.69) is 12.2 Å². The van der Waals surface area contributed by atoms with Crippen molar-refractivity contribution >= 4 is 11.7 Å². The molecule has 3 aromatic carbocycles. The summed E-state index contributed by atoms with van der Waals surface area (Å²) in [5, 5.41) is 2.55. The zero-order valence-corrected chi connectivity index (χ0v) is 19.1. The average Bonchev–Trinajstić information content (AvgIpc) is 3.28. The van der Waals surface area contributed by atoms with E-state index in [-0.39, 0.29) is 12.2 Å². The number of amides is 2. The van der Waals surface area contributed by atoms with Crippen LogP contribution in [0.1, 0.15) is 40.9 Å². The van der Waals surface area contributed by atoms with Crippen LogP contribution in [0.15, 0.2) is 91.1 Å². The number of benzene rings is 3. The zero-order chi connectivity index (χ0) is 24.6. The van der Waals surface area contributed by atoms with Crippen molar-refractivity contribution in [3.8, 4) is 5.69 Å². The number of carbonyl (C=O) groups excluding carboxylic acids is 1. The second-order valence-electron chi connectivity index (χ2n) is 8.53. The number of hydrogen-bond donors (Lipinski definition) is 1. The summed E-state index contributed by atoms with van der Waals surface area (Å²) in [4.78, 5) is 15.3. The molecule has 4 aromatic rings. The molecule has 0 radical (unpaired) electrons. The van der Waals surface area contributed by atoms with Crippen LogP contribution in [0.3, 0.4) is 0 Å². The van der Waals surface area contributed by atoms with Gasteiger partial charge in [0, 0.05) is 11.9 Å². The van der Waals surface area contributed by atoms with Crippen molar-refractivity contribution in [3.05, 3.63) is 119 Å². The van der Waals surface area contributed by atoms with Gasteiger partial charge in [0.25, 0.3) is 0 Å². The van der Waals surface area contributed by atoms with Gasteiger partial charge in [-0.2, -0.15) is 13.2 Å². The van der Waals surface area contributed by atoms with E-state index in [0.29, 0.717) is 0 Å². The Morgan fingerprint density at radius 3 is 2.40 bits per heavy atom. The van der Waals surface area contributed by atoms with Crippen LogP contribution in [0, 0.1) is 0 Å². The van der Waals surface area contributed by atoms with Crippen molar-refractivity contribution in [1.29, 1.82) is 0 Å². The number of carbonyl (C=O) groups is 1. The maximum Gasteiger partial charge on any atom is 0.418 e. The van der Waals surface area contributed by atoms with Gasteiger partial charge < -0.3 is 14.8 Å². The number of para-hydroxylation sites is 2. The summed E-state index contributed by atoms with van der Waals surface area (Å²) in [6.07, 6.45) is -1.76. The van der Waals surface area contributed by atoms with Gasteiger partial charge in [-0.25, -0.2) is 4.79 Å². The minimum absolute atomic E-state index is 0.234. The first-order valence-electron chi connectivity index (χ1n) is 11.4. The average molecular weight is 476 g/mol. The van der Waals surface area contributed by atoms with Gasteiger partial charge in [-0.1, -0.05) is 61.5 Å². The number of rotatable bonds is 3. The fourth-order valence-electron chi connectivity index (χ4n) is 4.65. The predicted octanol–water partition coefficient (Wildman–Crippen LogP) is 7.20. The molecule has 0 unspecified atom stereocenters. The van der Waals surface area contributed by atoms with E-state index >= 15 is 0 Å². The van der Waals surface area contributed by atoms with Crippen molar-refractivity contribution < 1.29 is 18.0 Å². The van der Waals surface area contributed by atoms with Gasteiger partial charge in [0.05, 0.1) is 29.5 Å². The summed E-state index contributed by atoms with van der Waals surface area (Å²) in [7, 11) is 0. The van der Waals surface area contributed by atoms with Gasteiger partial charge in [0.1, 0.15) is 0 Å². The molecule has 178 valence electrons. The van der Waals surface area contributed by atoms with Crippen LogP contribution in [-0.4, -0.2) is 15.5 Å². The van der Waals surface area contributed by atoms with E-state index in [4.69, 9.17) is 0 Å². The van der Waals surface area contributed by atoms with Gasteiger partial charge >= 0.3 is 12.2 Å². The van der Waals surface area contributed by atoms with Crippen LogP contribution in [0.25, 0.3) is 5.69 Å². The lowest BCUT2D eigenvalue weighted by atomic mass is 10.00. The Morgan fingerprint density at radius 2 is 1.66 bits per heavy atom. The van der Waals surface area contributed by atoms with Crippen LogP contribution in [0.4, 0.5) is 23.7 Å². The topological polar surface area (TPSA) is 37.3 Å². The standard InChI is InChI=1S/C28H24F3N3O/c1-2-19-13-15-20(16-14-19)26-25-12-7-17-33(25)24-11-6-3-8-21(24)18-34(26)27(35)32-23-10-5-4-9-22(23)28(29,30)31/h3-17,26H,2,18H2,1H3,(H,32,35)/t26-/m0/s1. The Hall–Kier alpha value is -4.00. The second kappa shape index (κ2) is 8.98. The molecule has 7 heteroatoms. The predicted molar refractivity (Wildman–Crippen MR) is 129 cm³/mol. The van der Waals surface area contributed by atoms with Gasteiger partial charge in [-0.05, 0) is 53.4 Å². The van der Waals surface area contributed by atoms with Gasteiger partial charge in [-0.15, -0.1) is 0 Å². The largest absolute Gasteiger partial charge is 0.418 e. The molecule has 2 amide bonds. The van der Waals surface area contributed by atoms with E-state index in [1.807, 2.05) is 71.4 Å². The number of hydrogen-bond acceptors (Lipinski definition) is 1. The lowest BCUT2D eigenvalue weighted by molar-refractivity contribution is -0.136. The molecule has 0 fully saturated rings. The van der Waals surface area contributed by atoms with E-state index in [9.17, 15) is 18.0 Å². The van der Waals surface area contributed by atoms with E-state index < -0.39 is 23.8 Å². The molecule has 0 aliphatic carbocycles. The molecule has 4 nitrogen and oxygen atoms in total. The molecule has 1 N–H and O–H groups in total. The molecule has 35 heavy (non-hydrogen) atoms.